The molecule has 2 aromatic rings. The molecule has 0 aromatic heterocycles. The maximum Gasteiger partial charge on any atom is 0.242 e. The van der Waals surface area contributed by atoms with Gasteiger partial charge in [0.15, 0.2) is 9.84 Å². The van der Waals surface area contributed by atoms with E-state index >= 15 is 0 Å². The zero-order chi connectivity index (χ0) is 21.6. The number of benzene rings is 2. The number of carbonyl (C=O) groups excluding carboxylic acids is 2. The van der Waals surface area contributed by atoms with Gasteiger partial charge in [0.2, 0.25) is 11.8 Å². The zero-order valence-electron chi connectivity index (χ0n) is 16.7. The Morgan fingerprint density at radius 3 is 2.38 bits per heavy atom. The Kier molecular flexibility index (Phi) is 7.22. The molecule has 0 saturated heterocycles. The molecule has 29 heavy (non-hydrogen) atoms. The van der Waals surface area contributed by atoms with Crippen molar-refractivity contribution in [3.63, 3.8) is 0 Å². The lowest BCUT2D eigenvalue weighted by atomic mass is 10.2. The van der Waals surface area contributed by atoms with Crippen LogP contribution in [0.4, 0.5) is 11.4 Å². The van der Waals surface area contributed by atoms with Gasteiger partial charge in [-0.2, -0.15) is 0 Å². The fourth-order valence-corrected chi connectivity index (χ4v) is 3.61. The summed E-state index contributed by atoms with van der Waals surface area (Å²) in [6.07, 6.45) is 0. The molecule has 2 rings (SSSR count). The summed E-state index contributed by atoms with van der Waals surface area (Å²) in [5, 5.41) is 3.60. The molecule has 1 unspecified atom stereocenters. The van der Waals surface area contributed by atoms with Crippen molar-refractivity contribution in [3.8, 4) is 11.5 Å². The maximum atomic E-state index is 12.5. The second-order valence-electron chi connectivity index (χ2n) is 6.42. The summed E-state index contributed by atoms with van der Waals surface area (Å²) in [6, 6.07) is 11.7. The first-order valence-corrected chi connectivity index (χ1v) is 10.5. The van der Waals surface area contributed by atoms with Gasteiger partial charge in [-0.25, -0.2) is 8.42 Å². The van der Waals surface area contributed by atoms with Crippen molar-refractivity contribution >= 4 is 33.0 Å². The summed E-state index contributed by atoms with van der Waals surface area (Å²) >= 11 is 0. The number of amides is 2. The van der Waals surface area contributed by atoms with Crippen LogP contribution >= 0.6 is 0 Å². The molecule has 0 aliphatic rings. The Bertz CT molecular complexity index is 1000. The molecule has 0 heterocycles. The summed E-state index contributed by atoms with van der Waals surface area (Å²) in [5.74, 6) is -1.49. The van der Waals surface area contributed by atoms with Gasteiger partial charge in [-0.05, 0) is 43.7 Å². The first kappa shape index (κ1) is 22.2. The molecule has 0 fully saturated rings. The summed E-state index contributed by atoms with van der Waals surface area (Å²) in [7, 11) is -1.15. The van der Waals surface area contributed by atoms with Crippen molar-refractivity contribution in [1.29, 1.82) is 0 Å². The SMILES string of the molecule is COc1ccc(OC)c(NC(=O)C(C)S(=O)(=O)CC(=O)Nc2cccc(C)c2)c1. The Morgan fingerprint density at radius 1 is 1.03 bits per heavy atom. The van der Waals surface area contributed by atoms with Gasteiger partial charge in [-0.3, -0.25) is 9.59 Å². The molecular weight excluding hydrogens is 396 g/mol. The molecule has 0 spiro atoms. The smallest absolute Gasteiger partial charge is 0.242 e. The van der Waals surface area contributed by atoms with E-state index in [1.54, 1.807) is 30.3 Å². The van der Waals surface area contributed by atoms with Crippen LogP contribution in [0, 0.1) is 6.92 Å². The van der Waals surface area contributed by atoms with Crippen LogP contribution in [0.15, 0.2) is 42.5 Å². The molecule has 9 heteroatoms. The van der Waals surface area contributed by atoms with E-state index in [-0.39, 0.29) is 5.69 Å². The van der Waals surface area contributed by atoms with Gasteiger partial charge in [0, 0.05) is 11.8 Å². The van der Waals surface area contributed by atoms with Crippen LogP contribution in [0.3, 0.4) is 0 Å². The molecule has 0 saturated carbocycles. The van der Waals surface area contributed by atoms with Crippen LogP contribution in [0.25, 0.3) is 0 Å². The standard InChI is InChI=1S/C20H24N2O6S/c1-13-6-5-7-15(10-13)21-19(23)12-29(25,26)14(2)20(24)22-17-11-16(27-3)8-9-18(17)28-4/h5-11,14H,12H2,1-4H3,(H,21,23)(H,22,24). The fourth-order valence-electron chi connectivity index (χ4n) is 2.54. The molecule has 0 aliphatic carbocycles. The highest BCUT2D eigenvalue weighted by Gasteiger charge is 2.31. The number of hydrogen-bond acceptors (Lipinski definition) is 6. The number of anilines is 2. The third-order valence-corrected chi connectivity index (χ3v) is 6.16. The predicted octanol–water partition coefficient (Wildman–Crippen LogP) is 2.39. The Morgan fingerprint density at radius 2 is 1.76 bits per heavy atom. The molecule has 2 N–H and O–H groups in total. The highest BCUT2D eigenvalue weighted by molar-refractivity contribution is 7.93. The van der Waals surface area contributed by atoms with Crippen molar-refractivity contribution in [3.05, 3.63) is 48.0 Å². The number of sulfone groups is 1. The summed E-state index contributed by atoms with van der Waals surface area (Å²) in [6.45, 7) is 3.09. The summed E-state index contributed by atoms with van der Waals surface area (Å²) in [5.41, 5.74) is 1.68. The van der Waals surface area contributed by atoms with E-state index in [0.717, 1.165) is 5.56 Å². The van der Waals surface area contributed by atoms with Gasteiger partial charge in [0.05, 0.1) is 19.9 Å². The minimum atomic E-state index is -4.04. The normalized spacial score (nSPS) is 12.0. The number of ether oxygens (including phenoxy) is 2. The van der Waals surface area contributed by atoms with Crippen LogP contribution in [0.5, 0.6) is 11.5 Å². The maximum absolute atomic E-state index is 12.5. The van der Waals surface area contributed by atoms with Gasteiger partial charge in [-0.1, -0.05) is 12.1 Å². The largest absolute Gasteiger partial charge is 0.497 e. The van der Waals surface area contributed by atoms with E-state index < -0.39 is 32.7 Å². The van der Waals surface area contributed by atoms with Crippen molar-refractivity contribution in [2.45, 2.75) is 19.1 Å². The Hall–Kier alpha value is -3.07. The lowest BCUT2D eigenvalue weighted by Crippen LogP contribution is -2.37. The first-order valence-electron chi connectivity index (χ1n) is 8.77. The second kappa shape index (κ2) is 9.42. The summed E-state index contributed by atoms with van der Waals surface area (Å²) in [4.78, 5) is 24.6. The first-order chi connectivity index (χ1) is 13.7. The molecule has 8 nitrogen and oxygen atoms in total. The monoisotopic (exact) mass is 420 g/mol. The van der Waals surface area contributed by atoms with Gasteiger partial charge >= 0.3 is 0 Å². The number of rotatable bonds is 8. The third kappa shape index (κ3) is 5.95. The molecule has 0 aliphatic heterocycles. The van der Waals surface area contributed by atoms with E-state index in [0.29, 0.717) is 17.2 Å². The van der Waals surface area contributed by atoms with Crippen LogP contribution in [0.2, 0.25) is 0 Å². The number of methoxy groups -OCH3 is 2. The molecule has 2 amide bonds. The van der Waals surface area contributed by atoms with E-state index in [4.69, 9.17) is 9.47 Å². The molecule has 156 valence electrons. The van der Waals surface area contributed by atoms with E-state index in [1.807, 2.05) is 13.0 Å². The molecule has 0 radical (unpaired) electrons. The van der Waals surface area contributed by atoms with Gasteiger partial charge in [-0.15, -0.1) is 0 Å². The number of aryl methyl sites for hydroxylation is 1. The molecule has 2 aromatic carbocycles. The highest BCUT2D eigenvalue weighted by Crippen LogP contribution is 2.29. The Balaban J connectivity index is 2.08. The van der Waals surface area contributed by atoms with Crippen LogP contribution in [-0.4, -0.2) is 45.5 Å². The average molecular weight is 420 g/mol. The van der Waals surface area contributed by atoms with E-state index in [9.17, 15) is 18.0 Å². The zero-order valence-corrected chi connectivity index (χ0v) is 17.5. The second-order valence-corrected chi connectivity index (χ2v) is 8.74. The van der Waals surface area contributed by atoms with Gasteiger partial charge in [0.1, 0.15) is 22.5 Å². The molecule has 0 bridgehead atoms. The van der Waals surface area contributed by atoms with Crippen LogP contribution in [0.1, 0.15) is 12.5 Å². The molecule has 1 atom stereocenters. The lowest BCUT2D eigenvalue weighted by molar-refractivity contribution is -0.115. The Labute approximate surface area is 170 Å². The average Bonchev–Trinajstić information content (AvgIpc) is 2.66. The van der Waals surface area contributed by atoms with Crippen molar-refractivity contribution in [2.75, 3.05) is 30.6 Å². The van der Waals surface area contributed by atoms with E-state index in [2.05, 4.69) is 10.6 Å². The van der Waals surface area contributed by atoms with Crippen molar-refractivity contribution in [2.24, 2.45) is 0 Å². The number of nitrogens with one attached hydrogen (secondary N) is 2. The fraction of sp³-hybridized carbons (Fsp3) is 0.300. The number of hydrogen-bond donors (Lipinski definition) is 2. The van der Waals surface area contributed by atoms with Gasteiger partial charge < -0.3 is 20.1 Å². The summed E-state index contributed by atoms with van der Waals surface area (Å²) < 4.78 is 35.3. The van der Waals surface area contributed by atoms with Crippen LogP contribution < -0.4 is 20.1 Å². The highest BCUT2D eigenvalue weighted by atomic mass is 32.2. The van der Waals surface area contributed by atoms with Gasteiger partial charge in [0.25, 0.3) is 0 Å². The van der Waals surface area contributed by atoms with E-state index in [1.165, 1.54) is 27.2 Å². The minimum Gasteiger partial charge on any atom is -0.497 e. The minimum absolute atomic E-state index is 0.267. The lowest BCUT2D eigenvalue weighted by Gasteiger charge is -2.16. The van der Waals surface area contributed by atoms with Crippen molar-refractivity contribution < 1.29 is 27.5 Å². The van der Waals surface area contributed by atoms with Crippen molar-refractivity contribution in [1.82, 2.24) is 0 Å². The topological polar surface area (TPSA) is 111 Å². The predicted molar refractivity (Wildman–Crippen MR) is 111 cm³/mol. The number of carbonyl (C=O) groups is 2. The third-order valence-electron chi connectivity index (χ3n) is 4.21. The quantitative estimate of drug-likeness (QED) is 0.678. The molecular formula is C20H24N2O6S. The van der Waals surface area contributed by atoms with Crippen LogP contribution in [-0.2, 0) is 19.4 Å².